The summed E-state index contributed by atoms with van der Waals surface area (Å²) in [5.74, 6) is 0.620. The molecular formula is C26H24N2O3S. The Morgan fingerprint density at radius 1 is 0.875 bits per heavy atom. The number of fused-ring (bicyclic) bond motifs is 3. The molecule has 1 aliphatic heterocycles. The zero-order chi connectivity index (χ0) is 22.3. The second kappa shape index (κ2) is 7.97. The zero-order valence-corrected chi connectivity index (χ0v) is 18.8. The van der Waals surface area contributed by atoms with Crippen LogP contribution >= 0.6 is 0 Å². The van der Waals surface area contributed by atoms with Gasteiger partial charge in [0, 0.05) is 24.1 Å². The van der Waals surface area contributed by atoms with E-state index in [4.69, 9.17) is 4.74 Å². The molecule has 0 spiro atoms. The van der Waals surface area contributed by atoms with Crippen LogP contribution in [0, 0.1) is 6.92 Å². The molecule has 0 bridgehead atoms. The number of hydrogen-bond acceptors (Lipinski definition) is 3. The first-order valence-electron chi connectivity index (χ1n) is 10.5. The largest absolute Gasteiger partial charge is 0.497 e. The summed E-state index contributed by atoms with van der Waals surface area (Å²) < 4.78 is 36.9. The fourth-order valence-electron chi connectivity index (χ4n) is 4.32. The molecule has 0 N–H and O–H groups in total. The van der Waals surface area contributed by atoms with Gasteiger partial charge in [-0.1, -0.05) is 48.0 Å². The molecule has 0 unspecified atom stereocenters. The Kier molecular flexibility index (Phi) is 5.12. The number of ether oxygens (including phenoxy) is 1. The van der Waals surface area contributed by atoms with Crippen molar-refractivity contribution < 1.29 is 13.2 Å². The van der Waals surface area contributed by atoms with E-state index in [2.05, 4.69) is 4.57 Å². The molecule has 162 valence electrons. The lowest BCUT2D eigenvalue weighted by Gasteiger charge is -2.30. The van der Waals surface area contributed by atoms with E-state index in [1.165, 1.54) is 0 Å². The van der Waals surface area contributed by atoms with Gasteiger partial charge in [-0.05, 0) is 60.5 Å². The van der Waals surface area contributed by atoms with Crippen molar-refractivity contribution in [1.82, 2.24) is 8.87 Å². The summed E-state index contributed by atoms with van der Waals surface area (Å²) in [6.45, 7) is 2.30. The lowest BCUT2D eigenvalue weighted by atomic mass is 10.0. The lowest BCUT2D eigenvalue weighted by Crippen LogP contribution is -2.34. The number of aromatic nitrogens is 1. The van der Waals surface area contributed by atoms with Gasteiger partial charge in [-0.25, -0.2) is 8.42 Å². The van der Waals surface area contributed by atoms with E-state index in [9.17, 15) is 8.42 Å². The van der Waals surface area contributed by atoms with Crippen LogP contribution in [0.1, 0.15) is 28.4 Å². The van der Waals surface area contributed by atoms with Crippen molar-refractivity contribution in [1.29, 1.82) is 0 Å². The normalized spacial score (nSPS) is 16.1. The number of nitrogens with zero attached hydrogens (tertiary/aromatic N) is 2. The predicted molar refractivity (Wildman–Crippen MR) is 125 cm³/mol. The first-order chi connectivity index (χ1) is 15.5. The van der Waals surface area contributed by atoms with Gasteiger partial charge >= 0.3 is 0 Å². The number of methoxy groups -OCH3 is 1. The third-order valence-electron chi connectivity index (χ3n) is 5.98. The summed E-state index contributed by atoms with van der Waals surface area (Å²) in [4.78, 5) is 0.243. The van der Waals surface area contributed by atoms with E-state index in [1.54, 1.807) is 35.7 Å². The molecule has 5 rings (SSSR count). The Morgan fingerprint density at radius 2 is 1.59 bits per heavy atom. The van der Waals surface area contributed by atoms with Gasteiger partial charge in [0.15, 0.2) is 0 Å². The SMILES string of the molecule is COc1ccc(S(=O)(=O)N2Cc3ccccc3-n3cccc3[C@H]2c2ccc(C)cc2)cc1. The molecule has 0 amide bonds. The van der Waals surface area contributed by atoms with E-state index in [0.29, 0.717) is 5.75 Å². The van der Waals surface area contributed by atoms with Crippen molar-refractivity contribution in [3.8, 4) is 11.4 Å². The van der Waals surface area contributed by atoms with Crippen molar-refractivity contribution >= 4 is 10.0 Å². The Labute approximate surface area is 188 Å². The number of benzene rings is 3. The van der Waals surface area contributed by atoms with Gasteiger partial charge in [0.05, 0.1) is 18.0 Å². The highest BCUT2D eigenvalue weighted by Gasteiger charge is 2.37. The molecular weight excluding hydrogens is 420 g/mol. The Morgan fingerprint density at radius 3 is 2.31 bits per heavy atom. The van der Waals surface area contributed by atoms with E-state index in [1.807, 2.05) is 73.8 Å². The first kappa shape index (κ1) is 20.5. The molecule has 6 heteroatoms. The van der Waals surface area contributed by atoms with Crippen LogP contribution in [0.4, 0.5) is 0 Å². The third-order valence-corrected chi connectivity index (χ3v) is 7.81. The summed E-state index contributed by atoms with van der Waals surface area (Å²) in [6, 6.07) is 26.1. The van der Waals surface area contributed by atoms with Gasteiger partial charge in [-0.3, -0.25) is 0 Å². The third kappa shape index (κ3) is 3.42. The summed E-state index contributed by atoms with van der Waals surface area (Å²) in [5, 5.41) is 0. The molecule has 1 aromatic heterocycles. The average Bonchev–Trinajstić information content (AvgIpc) is 3.24. The van der Waals surface area contributed by atoms with Gasteiger partial charge in [0.1, 0.15) is 5.75 Å². The monoisotopic (exact) mass is 444 g/mol. The minimum Gasteiger partial charge on any atom is -0.497 e. The van der Waals surface area contributed by atoms with Gasteiger partial charge in [-0.15, -0.1) is 0 Å². The molecule has 1 aliphatic rings. The summed E-state index contributed by atoms with van der Waals surface area (Å²) in [5.41, 5.74) is 4.93. The van der Waals surface area contributed by atoms with Gasteiger partial charge in [-0.2, -0.15) is 4.31 Å². The predicted octanol–water partition coefficient (Wildman–Crippen LogP) is 5.09. The smallest absolute Gasteiger partial charge is 0.244 e. The highest BCUT2D eigenvalue weighted by atomic mass is 32.2. The maximum Gasteiger partial charge on any atom is 0.244 e. The molecule has 0 radical (unpaired) electrons. The van der Waals surface area contributed by atoms with Gasteiger partial charge in [0.25, 0.3) is 0 Å². The van der Waals surface area contributed by atoms with Crippen LogP contribution in [0.3, 0.4) is 0 Å². The fraction of sp³-hybridized carbons (Fsp3) is 0.154. The lowest BCUT2D eigenvalue weighted by molar-refractivity contribution is 0.353. The average molecular weight is 445 g/mol. The van der Waals surface area contributed by atoms with E-state index in [0.717, 1.165) is 28.1 Å². The van der Waals surface area contributed by atoms with Crippen molar-refractivity contribution in [3.05, 3.63) is 114 Å². The quantitative estimate of drug-likeness (QED) is 0.441. The van der Waals surface area contributed by atoms with Gasteiger partial charge in [0.2, 0.25) is 10.0 Å². The van der Waals surface area contributed by atoms with Crippen LogP contribution in [0.5, 0.6) is 5.75 Å². The Balaban J connectivity index is 1.73. The minimum absolute atomic E-state index is 0.243. The highest BCUT2D eigenvalue weighted by molar-refractivity contribution is 7.89. The minimum atomic E-state index is -3.82. The summed E-state index contributed by atoms with van der Waals surface area (Å²) in [6.07, 6.45) is 2.00. The molecule has 4 aromatic rings. The topological polar surface area (TPSA) is 51.5 Å². The molecule has 5 nitrogen and oxygen atoms in total. The highest BCUT2D eigenvalue weighted by Crippen LogP contribution is 2.40. The van der Waals surface area contributed by atoms with Crippen molar-refractivity contribution in [2.45, 2.75) is 24.4 Å². The van der Waals surface area contributed by atoms with Crippen LogP contribution in [-0.2, 0) is 16.6 Å². The molecule has 1 atom stereocenters. The van der Waals surface area contributed by atoms with Crippen LogP contribution in [0.15, 0.2) is 96.0 Å². The van der Waals surface area contributed by atoms with E-state index < -0.39 is 16.1 Å². The van der Waals surface area contributed by atoms with Crippen LogP contribution in [-0.4, -0.2) is 24.4 Å². The van der Waals surface area contributed by atoms with Crippen molar-refractivity contribution in [2.75, 3.05) is 7.11 Å². The van der Waals surface area contributed by atoms with Crippen LogP contribution < -0.4 is 4.74 Å². The Bertz CT molecular complexity index is 1360. The Hall–Kier alpha value is -3.35. The molecule has 0 saturated heterocycles. The molecule has 0 fully saturated rings. The fourth-order valence-corrected chi connectivity index (χ4v) is 5.88. The number of sulfonamides is 1. The maximum absolute atomic E-state index is 14.0. The molecule has 32 heavy (non-hydrogen) atoms. The summed E-state index contributed by atoms with van der Waals surface area (Å²) in [7, 11) is -2.25. The molecule has 0 aliphatic carbocycles. The molecule has 0 saturated carbocycles. The van der Waals surface area contributed by atoms with Crippen molar-refractivity contribution in [3.63, 3.8) is 0 Å². The number of para-hydroxylation sites is 1. The standard InChI is InChI=1S/C26H24N2O3S/c1-19-9-11-20(12-10-19)26-25-8-5-17-27(25)24-7-4-3-6-21(24)18-28(26)32(29,30)23-15-13-22(31-2)14-16-23/h3-17,26H,18H2,1-2H3/t26-/m1/s1. The van der Waals surface area contributed by atoms with E-state index in [-0.39, 0.29) is 11.4 Å². The first-order valence-corrected chi connectivity index (χ1v) is 11.9. The molecule has 2 heterocycles. The van der Waals surface area contributed by atoms with Crippen molar-refractivity contribution in [2.24, 2.45) is 0 Å². The zero-order valence-electron chi connectivity index (χ0n) is 18.0. The van der Waals surface area contributed by atoms with E-state index >= 15 is 0 Å². The number of rotatable bonds is 4. The molecule has 3 aromatic carbocycles. The number of aryl methyl sites for hydroxylation is 1. The summed E-state index contributed by atoms with van der Waals surface area (Å²) >= 11 is 0. The van der Waals surface area contributed by atoms with Crippen LogP contribution in [0.2, 0.25) is 0 Å². The second-order valence-electron chi connectivity index (χ2n) is 7.97. The van der Waals surface area contributed by atoms with Crippen LogP contribution in [0.25, 0.3) is 5.69 Å². The number of hydrogen-bond donors (Lipinski definition) is 0. The van der Waals surface area contributed by atoms with Gasteiger partial charge < -0.3 is 9.30 Å². The second-order valence-corrected chi connectivity index (χ2v) is 9.86. The maximum atomic E-state index is 14.0.